The Kier molecular flexibility index (Phi) is 7.58. The Morgan fingerprint density at radius 2 is 0.933 bits per heavy atom. The molecule has 0 aromatic heterocycles. The average molecular weight is 586 g/mol. The first-order chi connectivity index (χ1) is 14.0. The second-order valence-electron chi connectivity index (χ2n) is 7.64. The van der Waals surface area contributed by atoms with Crippen LogP contribution in [0.2, 0.25) is 0 Å². The number of benzene rings is 4. The van der Waals surface area contributed by atoms with E-state index in [0.29, 0.717) is 0 Å². The predicted molar refractivity (Wildman–Crippen MR) is 144 cm³/mol. The molecular weight excluding hydrogens is 561 g/mol. The van der Waals surface area contributed by atoms with Gasteiger partial charge < -0.3 is 0 Å². The van der Waals surface area contributed by atoms with Gasteiger partial charge in [-0.1, -0.05) is 48.5 Å². The molecule has 0 unspecified atom stereocenters. The number of halogens is 1. The van der Waals surface area contributed by atoms with Gasteiger partial charge in [-0.3, -0.25) is 0 Å². The Morgan fingerprint density at radius 3 is 1.30 bits per heavy atom. The van der Waals surface area contributed by atoms with E-state index in [0.717, 1.165) is 0 Å². The average Bonchev–Trinajstić information content (AvgIpc) is 2.70. The van der Waals surface area contributed by atoms with Crippen LogP contribution in [0.4, 0.5) is 0 Å². The van der Waals surface area contributed by atoms with Gasteiger partial charge in [0, 0.05) is 17.1 Å². The van der Waals surface area contributed by atoms with Gasteiger partial charge in [-0.15, -0.1) is 0 Å². The smallest absolute Gasteiger partial charge is 0.0609 e. The zero-order valence-electron chi connectivity index (χ0n) is 17.5. The molecule has 0 saturated carbocycles. The SMILES string of the molecule is Cc1cccc([P+](c2cccc(C)c2)(c2cccc(C)c2)c2ccccc2I)c1.[Se]. The van der Waals surface area contributed by atoms with Crippen LogP contribution in [0.1, 0.15) is 16.7 Å². The minimum absolute atomic E-state index is 0. The van der Waals surface area contributed by atoms with Gasteiger partial charge >= 0.3 is 0 Å². The van der Waals surface area contributed by atoms with E-state index in [9.17, 15) is 0 Å². The molecule has 0 bridgehead atoms. The van der Waals surface area contributed by atoms with Crippen molar-refractivity contribution in [2.24, 2.45) is 0 Å². The molecule has 0 aliphatic carbocycles. The van der Waals surface area contributed by atoms with Gasteiger partial charge in [0.05, 0.1) is 3.57 Å². The van der Waals surface area contributed by atoms with Crippen LogP contribution >= 0.6 is 29.9 Å². The molecule has 0 amide bonds. The number of hydrogen-bond donors (Lipinski definition) is 0. The molecule has 2 radical (unpaired) electrons. The Bertz CT molecular complexity index is 1060. The first-order valence-corrected chi connectivity index (χ1v) is 12.7. The molecule has 0 saturated heterocycles. The molecule has 0 heterocycles. The summed E-state index contributed by atoms with van der Waals surface area (Å²) in [7, 11) is -2.03. The summed E-state index contributed by atoms with van der Waals surface area (Å²) in [6, 6.07) is 36.3. The molecule has 3 heteroatoms. The van der Waals surface area contributed by atoms with E-state index in [-0.39, 0.29) is 17.1 Å². The molecule has 0 atom stereocenters. The Labute approximate surface area is 205 Å². The van der Waals surface area contributed by atoms with Gasteiger partial charge in [0.25, 0.3) is 0 Å². The van der Waals surface area contributed by atoms with Crippen LogP contribution in [0.15, 0.2) is 97.1 Å². The molecule has 0 aliphatic rings. The van der Waals surface area contributed by atoms with Gasteiger partial charge in [-0.25, -0.2) is 0 Å². The summed E-state index contributed by atoms with van der Waals surface area (Å²) in [5.41, 5.74) is 3.91. The molecule has 30 heavy (non-hydrogen) atoms. The first kappa shape index (κ1) is 23.2. The molecule has 0 aliphatic heterocycles. The van der Waals surface area contributed by atoms with Crippen molar-refractivity contribution in [2.75, 3.05) is 0 Å². The van der Waals surface area contributed by atoms with E-state index in [1.165, 1.54) is 41.5 Å². The standard InChI is InChI=1S/C27H25IP.Se/c1-20-9-6-12-23(17-20)29(24-13-7-10-21(2)18-24,25-14-8-11-22(3)19-25)27-16-5-4-15-26(27)28;/h4-19H,1-3H3;/q+1;. The van der Waals surface area contributed by atoms with Crippen LogP contribution in [0.3, 0.4) is 0 Å². The summed E-state index contributed by atoms with van der Waals surface area (Å²) in [4.78, 5) is 0. The van der Waals surface area contributed by atoms with E-state index in [4.69, 9.17) is 0 Å². The van der Waals surface area contributed by atoms with Gasteiger partial charge in [0.2, 0.25) is 0 Å². The number of rotatable bonds is 4. The van der Waals surface area contributed by atoms with E-state index in [2.05, 4.69) is 140 Å². The number of hydrogen-bond acceptors (Lipinski definition) is 0. The second-order valence-corrected chi connectivity index (χ2v) is 12.2. The van der Waals surface area contributed by atoms with Crippen molar-refractivity contribution in [3.05, 3.63) is 117 Å². The zero-order chi connectivity index (χ0) is 20.4. The van der Waals surface area contributed by atoms with Crippen molar-refractivity contribution >= 4 is 68.1 Å². The van der Waals surface area contributed by atoms with Crippen molar-refractivity contribution in [3.8, 4) is 0 Å². The summed E-state index contributed by atoms with van der Waals surface area (Å²) in [5, 5.41) is 5.68. The summed E-state index contributed by atoms with van der Waals surface area (Å²) >= 11 is 2.52. The van der Waals surface area contributed by atoms with Crippen LogP contribution < -0.4 is 21.2 Å². The van der Waals surface area contributed by atoms with Gasteiger partial charge in [0.1, 0.15) is 28.5 Å². The molecule has 0 fully saturated rings. The van der Waals surface area contributed by atoms with Crippen molar-refractivity contribution in [3.63, 3.8) is 0 Å². The van der Waals surface area contributed by atoms with Crippen molar-refractivity contribution in [1.82, 2.24) is 0 Å². The second kappa shape index (κ2) is 9.79. The van der Waals surface area contributed by atoms with Crippen LogP contribution in [0.25, 0.3) is 0 Å². The van der Waals surface area contributed by atoms with E-state index in [1.807, 2.05) is 0 Å². The van der Waals surface area contributed by atoms with E-state index < -0.39 is 7.26 Å². The molecular formula is C27H25IPSe+. The van der Waals surface area contributed by atoms with Crippen LogP contribution in [-0.4, -0.2) is 17.1 Å². The van der Waals surface area contributed by atoms with Crippen LogP contribution in [0, 0.1) is 24.3 Å². The van der Waals surface area contributed by atoms with Crippen LogP contribution in [-0.2, 0) is 0 Å². The van der Waals surface area contributed by atoms with Gasteiger partial charge in [-0.05, 0) is 109 Å². The fraction of sp³-hybridized carbons (Fsp3) is 0.111. The van der Waals surface area contributed by atoms with Gasteiger partial charge in [-0.2, -0.15) is 0 Å². The Balaban J connectivity index is 0.00000256. The quantitative estimate of drug-likeness (QED) is 0.170. The summed E-state index contributed by atoms with van der Waals surface area (Å²) in [6.07, 6.45) is 0. The van der Waals surface area contributed by atoms with Gasteiger partial charge in [0.15, 0.2) is 0 Å². The number of aryl methyl sites for hydroxylation is 3. The third kappa shape index (κ3) is 4.29. The molecule has 4 aromatic carbocycles. The van der Waals surface area contributed by atoms with E-state index in [1.54, 1.807) is 0 Å². The van der Waals surface area contributed by atoms with Crippen molar-refractivity contribution in [1.29, 1.82) is 0 Å². The molecule has 0 nitrogen and oxygen atoms in total. The predicted octanol–water partition coefficient (Wildman–Crippen LogP) is 5.46. The minimum Gasteiger partial charge on any atom is -0.0609 e. The maximum absolute atomic E-state index is 2.52. The van der Waals surface area contributed by atoms with Crippen LogP contribution in [0.5, 0.6) is 0 Å². The first-order valence-electron chi connectivity index (χ1n) is 9.87. The summed E-state index contributed by atoms with van der Waals surface area (Å²) in [5.74, 6) is 0. The molecule has 0 spiro atoms. The fourth-order valence-electron chi connectivity index (χ4n) is 4.10. The van der Waals surface area contributed by atoms with Crippen molar-refractivity contribution < 1.29 is 0 Å². The Hall–Kier alpha value is -1.44. The third-order valence-electron chi connectivity index (χ3n) is 5.38. The minimum atomic E-state index is -2.03. The molecule has 4 rings (SSSR count). The summed E-state index contributed by atoms with van der Waals surface area (Å²) < 4.78 is 1.32. The molecule has 150 valence electrons. The maximum Gasteiger partial charge on any atom is 0.145 e. The topological polar surface area (TPSA) is 0 Å². The summed E-state index contributed by atoms with van der Waals surface area (Å²) in [6.45, 7) is 6.59. The third-order valence-corrected chi connectivity index (χ3v) is 11.0. The zero-order valence-corrected chi connectivity index (χ0v) is 22.2. The van der Waals surface area contributed by atoms with E-state index >= 15 is 0 Å². The van der Waals surface area contributed by atoms with Crippen molar-refractivity contribution in [2.45, 2.75) is 20.8 Å². The maximum atomic E-state index is 2.52. The normalized spacial score (nSPS) is 11.1. The monoisotopic (exact) mass is 587 g/mol. The molecule has 4 aromatic rings. The Morgan fingerprint density at radius 1 is 0.533 bits per heavy atom. The molecule has 0 N–H and O–H groups in total. The largest absolute Gasteiger partial charge is 0.145 e. The fourth-order valence-corrected chi connectivity index (χ4v) is 10.1.